The zero-order valence-electron chi connectivity index (χ0n) is 10.7. The Labute approximate surface area is 96.9 Å². The molecule has 0 nitrogen and oxygen atoms in total. The van der Waals surface area contributed by atoms with E-state index in [1.807, 2.05) is 0 Å². The summed E-state index contributed by atoms with van der Waals surface area (Å²) in [6.45, 7) is 10.8. The van der Waals surface area contributed by atoms with E-state index in [0.29, 0.717) is 0 Å². The second-order valence-corrected chi connectivity index (χ2v) is 5.75. The first-order valence-corrected chi connectivity index (χ1v) is 6.40. The molecular weight excluding hydrogens is 179 g/mol. The topological polar surface area (TPSA) is 0 Å². The molecule has 3 unspecified atom stereocenters. The van der Waals surface area contributed by atoms with Crippen molar-refractivity contribution in [2.75, 3.05) is 0 Å². The molecule has 0 amide bonds. The summed E-state index contributed by atoms with van der Waals surface area (Å²) >= 11 is 0. The molecule has 0 aromatic rings. The van der Waals surface area contributed by atoms with E-state index in [-0.39, 0.29) is 5.31 Å². The number of hydrogen-bond donors (Lipinski definition) is 0. The molecule has 1 aliphatic rings. The van der Waals surface area contributed by atoms with Crippen LogP contribution < -0.4 is 0 Å². The van der Waals surface area contributed by atoms with Gasteiger partial charge in [-0.25, -0.2) is 0 Å². The van der Waals surface area contributed by atoms with Gasteiger partial charge >= 0.3 is 0 Å². The molecule has 15 heavy (non-hydrogen) atoms. The maximum absolute atomic E-state index is 6.33. The lowest BCUT2D eigenvalue weighted by Crippen LogP contribution is -2.18. The molecule has 0 heterocycles. The summed E-state index contributed by atoms with van der Waals surface area (Å²) in [6, 6.07) is 0. The molecule has 0 N–H and O–H groups in total. The highest BCUT2D eigenvalue weighted by Gasteiger charge is 2.31. The molecule has 0 aromatic carbocycles. The predicted molar refractivity (Wildman–Crippen MR) is 69.3 cm³/mol. The van der Waals surface area contributed by atoms with Crippen molar-refractivity contribution in [3.63, 3.8) is 0 Å². The van der Waals surface area contributed by atoms with Crippen LogP contribution in [0.25, 0.3) is 0 Å². The highest BCUT2D eigenvalue weighted by molar-refractivity contribution is 6.14. The van der Waals surface area contributed by atoms with Crippen LogP contribution in [-0.4, -0.2) is 7.85 Å². The fraction of sp³-hybridized carbons (Fsp3) is 0.857. The van der Waals surface area contributed by atoms with Crippen molar-refractivity contribution >= 4 is 7.85 Å². The van der Waals surface area contributed by atoms with Crippen LogP contribution in [0, 0.1) is 11.8 Å². The van der Waals surface area contributed by atoms with Crippen LogP contribution in [-0.2, 0) is 0 Å². The Bertz CT molecular complexity index is 217. The second-order valence-electron chi connectivity index (χ2n) is 5.75. The van der Waals surface area contributed by atoms with E-state index in [4.69, 9.17) is 7.85 Å². The summed E-state index contributed by atoms with van der Waals surface area (Å²) in [7, 11) is 6.33. The molecule has 1 rings (SSSR count). The second kappa shape index (κ2) is 5.23. The quantitative estimate of drug-likeness (QED) is 0.360. The summed E-state index contributed by atoms with van der Waals surface area (Å²) in [6.07, 6.45) is 7.50. The summed E-state index contributed by atoms with van der Waals surface area (Å²) in [5.74, 6) is 1.49. The fourth-order valence-electron chi connectivity index (χ4n) is 3.13. The molecule has 0 saturated heterocycles. The van der Waals surface area contributed by atoms with Gasteiger partial charge in [-0.2, -0.15) is 0 Å². The largest absolute Gasteiger partial charge is 0.0999 e. The molecule has 84 valence electrons. The Kier molecular flexibility index (Phi) is 4.49. The van der Waals surface area contributed by atoms with Gasteiger partial charge < -0.3 is 0 Å². The third-order valence-electron chi connectivity index (χ3n) is 3.85. The third-order valence-corrected chi connectivity index (χ3v) is 3.85. The average molecular weight is 204 g/mol. The maximum Gasteiger partial charge on any atom is 0.0742 e. The summed E-state index contributed by atoms with van der Waals surface area (Å²) in [5, 5.41) is 0.0596. The molecule has 0 aromatic heterocycles. The van der Waals surface area contributed by atoms with Crippen molar-refractivity contribution in [3.05, 3.63) is 12.2 Å². The molecule has 0 bridgehead atoms. The van der Waals surface area contributed by atoms with Gasteiger partial charge in [0.25, 0.3) is 0 Å². The minimum atomic E-state index is 0.0596. The van der Waals surface area contributed by atoms with Gasteiger partial charge in [0.1, 0.15) is 0 Å². The van der Waals surface area contributed by atoms with Crippen LogP contribution in [0.2, 0.25) is 5.31 Å². The van der Waals surface area contributed by atoms with Gasteiger partial charge in [0.05, 0.1) is 7.85 Å². The Balaban J connectivity index is 2.74. The highest BCUT2D eigenvalue weighted by Crippen LogP contribution is 2.46. The molecule has 1 heteroatoms. The Morgan fingerprint density at radius 2 is 2.20 bits per heavy atom. The van der Waals surface area contributed by atoms with Gasteiger partial charge in [-0.05, 0) is 25.2 Å². The highest BCUT2D eigenvalue weighted by atomic mass is 14.3. The smallest absolute Gasteiger partial charge is 0.0742 e. The van der Waals surface area contributed by atoms with E-state index in [1.54, 1.807) is 0 Å². The molecule has 0 spiro atoms. The SMILES string of the molecule is [B]C1(C)CCCC(C(=C)C)C(CCC)C1. The first kappa shape index (κ1) is 12.9. The zero-order valence-corrected chi connectivity index (χ0v) is 10.7. The summed E-state index contributed by atoms with van der Waals surface area (Å²) < 4.78 is 0. The minimum Gasteiger partial charge on any atom is -0.0999 e. The van der Waals surface area contributed by atoms with Crippen LogP contribution in [0.1, 0.15) is 59.3 Å². The first-order chi connectivity index (χ1) is 6.96. The van der Waals surface area contributed by atoms with Crippen molar-refractivity contribution in [2.24, 2.45) is 11.8 Å². The monoisotopic (exact) mass is 204 g/mol. The lowest BCUT2D eigenvalue weighted by atomic mass is 9.63. The van der Waals surface area contributed by atoms with Crippen molar-refractivity contribution in [1.82, 2.24) is 0 Å². The van der Waals surface area contributed by atoms with Gasteiger partial charge in [0.15, 0.2) is 0 Å². The minimum absolute atomic E-state index is 0.0596. The molecular formula is C14H25B. The van der Waals surface area contributed by atoms with Gasteiger partial charge in [0.2, 0.25) is 0 Å². The van der Waals surface area contributed by atoms with E-state index in [2.05, 4.69) is 27.4 Å². The lowest BCUT2D eigenvalue weighted by molar-refractivity contribution is 0.313. The summed E-state index contributed by atoms with van der Waals surface area (Å²) in [5.41, 5.74) is 1.37. The van der Waals surface area contributed by atoms with Gasteiger partial charge in [-0.3, -0.25) is 0 Å². The molecule has 0 aliphatic heterocycles. The molecule has 1 fully saturated rings. The van der Waals surface area contributed by atoms with E-state index in [0.717, 1.165) is 11.8 Å². The van der Waals surface area contributed by atoms with Crippen molar-refractivity contribution in [3.8, 4) is 0 Å². The van der Waals surface area contributed by atoms with Crippen LogP contribution in [0.3, 0.4) is 0 Å². The Morgan fingerprint density at radius 1 is 1.53 bits per heavy atom. The van der Waals surface area contributed by atoms with Gasteiger partial charge in [-0.15, -0.1) is 0 Å². The number of allylic oxidation sites excluding steroid dienone is 1. The standard InChI is InChI=1S/C14H25B/c1-5-7-12-10-14(4,15)9-6-8-13(12)11(2)3/h12-13H,2,5-10H2,1,3-4H3. The molecule has 1 saturated carbocycles. The fourth-order valence-corrected chi connectivity index (χ4v) is 3.13. The van der Waals surface area contributed by atoms with Crippen molar-refractivity contribution < 1.29 is 0 Å². The van der Waals surface area contributed by atoms with Gasteiger partial charge in [-0.1, -0.05) is 63.4 Å². The molecule has 3 atom stereocenters. The van der Waals surface area contributed by atoms with Crippen molar-refractivity contribution in [2.45, 2.75) is 64.6 Å². The Hall–Kier alpha value is -0.195. The van der Waals surface area contributed by atoms with E-state index in [9.17, 15) is 0 Å². The Morgan fingerprint density at radius 3 is 2.73 bits per heavy atom. The van der Waals surface area contributed by atoms with Crippen LogP contribution in [0.4, 0.5) is 0 Å². The molecule has 1 aliphatic carbocycles. The first-order valence-electron chi connectivity index (χ1n) is 6.40. The lowest BCUT2D eigenvalue weighted by Gasteiger charge is -2.30. The average Bonchev–Trinajstić information content (AvgIpc) is 2.24. The molecule has 2 radical (unpaired) electrons. The maximum atomic E-state index is 6.33. The van der Waals surface area contributed by atoms with Crippen LogP contribution in [0.5, 0.6) is 0 Å². The normalized spacial score (nSPS) is 37.3. The van der Waals surface area contributed by atoms with Crippen LogP contribution >= 0.6 is 0 Å². The van der Waals surface area contributed by atoms with E-state index >= 15 is 0 Å². The number of hydrogen-bond acceptors (Lipinski definition) is 0. The number of rotatable bonds is 3. The van der Waals surface area contributed by atoms with Gasteiger partial charge in [0, 0.05) is 0 Å². The van der Waals surface area contributed by atoms with Crippen LogP contribution in [0.15, 0.2) is 12.2 Å². The third kappa shape index (κ3) is 3.70. The van der Waals surface area contributed by atoms with E-state index < -0.39 is 0 Å². The van der Waals surface area contributed by atoms with Crippen molar-refractivity contribution in [1.29, 1.82) is 0 Å². The predicted octanol–water partition coefficient (Wildman–Crippen LogP) is 4.52. The summed E-state index contributed by atoms with van der Waals surface area (Å²) in [4.78, 5) is 0. The zero-order chi connectivity index (χ0) is 11.5. The van der Waals surface area contributed by atoms with E-state index in [1.165, 1.54) is 44.1 Å².